The van der Waals surface area contributed by atoms with Gasteiger partial charge in [0.15, 0.2) is 11.5 Å². The average Bonchev–Trinajstić information content (AvgIpc) is 3.46. The number of benzene rings is 2. The van der Waals surface area contributed by atoms with Crippen LogP contribution in [0.15, 0.2) is 42.5 Å². The molecule has 0 bridgehead atoms. The minimum Gasteiger partial charge on any atom is -0.454 e. The van der Waals surface area contributed by atoms with Crippen LogP contribution in [0.2, 0.25) is 0 Å². The van der Waals surface area contributed by atoms with Crippen LogP contribution in [0.3, 0.4) is 0 Å². The van der Waals surface area contributed by atoms with Crippen molar-refractivity contribution in [2.75, 3.05) is 75.4 Å². The molecule has 3 aromatic rings. The molecule has 0 radical (unpaired) electrons. The maximum atomic E-state index is 12.6. The van der Waals surface area contributed by atoms with E-state index < -0.39 is 0 Å². The number of hydrogen-bond acceptors (Lipinski definition) is 13. The molecular formula is C26H34N8O6. The smallest absolute Gasteiger partial charge is 0.251 e. The van der Waals surface area contributed by atoms with Crippen LogP contribution in [0.1, 0.15) is 15.9 Å². The number of nitrogens with two attached hydrogens (primary N) is 1. The monoisotopic (exact) mass is 554 g/mol. The number of nitrogens with one attached hydrogen (secondary N) is 4. The summed E-state index contributed by atoms with van der Waals surface area (Å²) >= 11 is 0. The Morgan fingerprint density at radius 1 is 0.925 bits per heavy atom. The molecule has 0 fully saturated rings. The largest absolute Gasteiger partial charge is 0.454 e. The lowest BCUT2D eigenvalue weighted by Crippen LogP contribution is -2.27. The molecule has 0 saturated heterocycles. The van der Waals surface area contributed by atoms with Crippen molar-refractivity contribution in [1.82, 2.24) is 20.3 Å². The molecule has 2 aromatic carbocycles. The lowest BCUT2D eigenvalue weighted by atomic mass is 10.2. The molecule has 14 nitrogen and oxygen atoms in total. The molecule has 1 aromatic heterocycles. The number of hydrogen-bond donors (Lipinski definition) is 6. The summed E-state index contributed by atoms with van der Waals surface area (Å²) in [6.07, 6.45) is 0. The zero-order valence-corrected chi connectivity index (χ0v) is 22.0. The third-order valence-corrected chi connectivity index (χ3v) is 5.49. The van der Waals surface area contributed by atoms with Gasteiger partial charge in [0.25, 0.3) is 5.91 Å². The molecule has 214 valence electrons. The molecule has 1 amide bonds. The summed E-state index contributed by atoms with van der Waals surface area (Å²) < 4.78 is 21.7. The van der Waals surface area contributed by atoms with E-state index in [1.165, 1.54) is 0 Å². The maximum absolute atomic E-state index is 12.6. The highest BCUT2D eigenvalue weighted by Crippen LogP contribution is 2.35. The predicted molar refractivity (Wildman–Crippen MR) is 148 cm³/mol. The van der Waals surface area contributed by atoms with Gasteiger partial charge in [0, 0.05) is 43.0 Å². The molecule has 0 aliphatic carbocycles. The number of carbonyl (C=O) groups excluding carboxylic acids is 1. The van der Waals surface area contributed by atoms with Crippen molar-refractivity contribution >= 4 is 29.4 Å². The topological polar surface area (TPSA) is 187 Å². The summed E-state index contributed by atoms with van der Waals surface area (Å²) in [5.74, 6) is 1.95. The van der Waals surface area contributed by atoms with Crippen molar-refractivity contribution in [3.63, 3.8) is 0 Å². The molecule has 14 heteroatoms. The second-order valence-corrected chi connectivity index (χ2v) is 8.44. The Labute approximate surface area is 231 Å². The average molecular weight is 555 g/mol. The fourth-order valence-electron chi connectivity index (χ4n) is 3.67. The van der Waals surface area contributed by atoms with Crippen LogP contribution in [-0.4, -0.2) is 85.4 Å². The number of amides is 1. The van der Waals surface area contributed by atoms with Gasteiger partial charge in [-0.2, -0.15) is 15.0 Å². The Kier molecular flexibility index (Phi) is 11.1. The highest BCUT2D eigenvalue weighted by Gasteiger charge is 2.17. The third-order valence-electron chi connectivity index (χ3n) is 5.49. The minimum absolute atomic E-state index is 0.0883. The van der Waals surface area contributed by atoms with Crippen LogP contribution < -0.4 is 36.5 Å². The Bertz CT molecular complexity index is 1250. The van der Waals surface area contributed by atoms with Crippen molar-refractivity contribution in [2.24, 2.45) is 5.73 Å². The van der Waals surface area contributed by atoms with Crippen LogP contribution >= 0.6 is 0 Å². The Balaban J connectivity index is 1.36. The van der Waals surface area contributed by atoms with Crippen LogP contribution in [0.5, 0.6) is 11.5 Å². The Hall–Kier alpha value is -4.24. The predicted octanol–water partition coefficient (Wildman–Crippen LogP) is 1.08. The van der Waals surface area contributed by atoms with Crippen molar-refractivity contribution in [3.8, 4) is 11.5 Å². The molecule has 7 N–H and O–H groups in total. The number of para-hydroxylation sites is 1. The molecule has 1 aliphatic heterocycles. The van der Waals surface area contributed by atoms with Gasteiger partial charge in [0.05, 0.1) is 33.0 Å². The molecule has 0 unspecified atom stereocenters. The lowest BCUT2D eigenvalue weighted by molar-refractivity contribution is 0.0511. The number of ether oxygens (including phenoxy) is 4. The van der Waals surface area contributed by atoms with Crippen LogP contribution in [0.25, 0.3) is 0 Å². The maximum Gasteiger partial charge on any atom is 0.251 e. The van der Waals surface area contributed by atoms with E-state index in [9.17, 15) is 9.90 Å². The number of nitrogens with zero attached hydrogens (tertiary/aromatic N) is 3. The zero-order chi connectivity index (χ0) is 28.0. The van der Waals surface area contributed by atoms with Gasteiger partial charge in [-0.3, -0.25) is 4.79 Å². The van der Waals surface area contributed by atoms with Crippen molar-refractivity contribution in [2.45, 2.75) is 6.54 Å². The zero-order valence-electron chi connectivity index (χ0n) is 22.0. The number of aromatic nitrogens is 3. The number of fused-ring (bicyclic) bond motifs is 1. The van der Waals surface area contributed by atoms with Gasteiger partial charge >= 0.3 is 0 Å². The van der Waals surface area contributed by atoms with E-state index in [-0.39, 0.29) is 37.7 Å². The van der Waals surface area contributed by atoms with E-state index in [1.807, 2.05) is 18.2 Å². The summed E-state index contributed by atoms with van der Waals surface area (Å²) in [7, 11) is 0. The summed E-state index contributed by atoms with van der Waals surface area (Å²) in [5.41, 5.74) is 7.32. The molecule has 0 spiro atoms. The summed E-state index contributed by atoms with van der Waals surface area (Å²) in [6.45, 7) is 3.32. The quantitative estimate of drug-likeness (QED) is 0.130. The Morgan fingerprint density at radius 3 is 2.52 bits per heavy atom. The van der Waals surface area contributed by atoms with E-state index in [1.54, 1.807) is 24.3 Å². The highest BCUT2D eigenvalue weighted by molar-refractivity contribution is 5.95. The van der Waals surface area contributed by atoms with Crippen LogP contribution in [0, 0.1) is 0 Å². The number of anilines is 4. The first-order valence-electron chi connectivity index (χ1n) is 12.9. The van der Waals surface area contributed by atoms with Gasteiger partial charge in [-0.1, -0.05) is 18.2 Å². The molecule has 0 atom stereocenters. The summed E-state index contributed by atoms with van der Waals surface area (Å²) in [5, 5.41) is 21.3. The first-order valence-corrected chi connectivity index (χ1v) is 12.9. The van der Waals surface area contributed by atoms with Gasteiger partial charge in [0.1, 0.15) is 0 Å². The first kappa shape index (κ1) is 28.8. The normalized spacial score (nSPS) is 11.8. The second-order valence-electron chi connectivity index (χ2n) is 8.44. The van der Waals surface area contributed by atoms with E-state index in [4.69, 9.17) is 24.7 Å². The van der Waals surface area contributed by atoms with E-state index in [2.05, 4.69) is 36.2 Å². The van der Waals surface area contributed by atoms with Gasteiger partial charge in [-0.15, -0.1) is 0 Å². The van der Waals surface area contributed by atoms with E-state index in [0.29, 0.717) is 74.8 Å². The SMILES string of the molecule is NCCOCCOCCNC(=O)c1cccc(Nc2nc(NCCO)nc(NCc3cccc4c3OCO4)n2)c1. The van der Waals surface area contributed by atoms with Crippen molar-refractivity contribution in [1.29, 1.82) is 0 Å². The molecule has 1 aliphatic rings. The standard InChI is InChI=1S/C26H34N8O6/c27-7-11-37-13-14-38-12-9-28-23(36)18-3-1-5-20(15-18)31-26-33-24(29-8-10-35)32-25(34-26)30-16-19-4-2-6-21-22(19)40-17-39-21/h1-6,15,35H,7-14,16-17,27H2,(H,28,36)(H3,29,30,31,32,33,34). The van der Waals surface area contributed by atoms with Gasteiger partial charge in [-0.25, -0.2) is 0 Å². The number of rotatable bonds is 17. The molecule has 2 heterocycles. The minimum atomic E-state index is -0.239. The molecule has 4 rings (SSSR count). The van der Waals surface area contributed by atoms with Crippen molar-refractivity contribution < 1.29 is 28.8 Å². The molecule has 0 saturated carbocycles. The summed E-state index contributed by atoms with van der Waals surface area (Å²) in [4.78, 5) is 25.8. The summed E-state index contributed by atoms with van der Waals surface area (Å²) in [6, 6.07) is 12.6. The number of aliphatic hydroxyl groups excluding tert-OH is 1. The van der Waals surface area contributed by atoms with Gasteiger partial charge in [-0.05, 0) is 24.3 Å². The molecule has 40 heavy (non-hydrogen) atoms. The Morgan fingerprint density at radius 2 is 1.70 bits per heavy atom. The van der Waals surface area contributed by atoms with Gasteiger partial charge in [0.2, 0.25) is 24.6 Å². The number of carbonyl (C=O) groups is 1. The van der Waals surface area contributed by atoms with E-state index in [0.717, 1.165) is 5.56 Å². The van der Waals surface area contributed by atoms with E-state index >= 15 is 0 Å². The first-order chi connectivity index (χ1) is 19.7. The number of aliphatic hydroxyl groups is 1. The van der Waals surface area contributed by atoms with Gasteiger partial charge < -0.3 is 51.1 Å². The fraction of sp³-hybridized carbons (Fsp3) is 0.385. The van der Waals surface area contributed by atoms with Crippen LogP contribution in [0.4, 0.5) is 23.5 Å². The highest BCUT2D eigenvalue weighted by atomic mass is 16.7. The lowest BCUT2D eigenvalue weighted by Gasteiger charge is -2.12. The molecular weight excluding hydrogens is 520 g/mol. The third kappa shape index (κ3) is 8.64. The second kappa shape index (κ2) is 15.4. The fourth-order valence-corrected chi connectivity index (χ4v) is 3.67. The van der Waals surface area contributed by atoms with Crippen molar-refractivity contribution in [3.05, 3.63) is 53.6 Å². The van der Waals surface area contributed by atoms with Crippen LogP contribution in [-0.2, 0) is 16.0 Å².